The molecule has 2 heterocycles. The second-order valence-electron chi connectivity index (χ2n) is 7.94. The minimum Gasteiger partial charge on any atom is -0.384 e. The summed E-state index contributed by atoms with van der Waals surface area (Å²) in [6.45, 7) is 1.12. The number of amidine groups is 1. The third-order valence-corrected chi connectivity index (χ3v) is 5.96. The molecule has 2 atom stereocenters. The quantitative estimate of drug-likeness (QED) is 0.317. The van der Waals surface area contributed by atoms with Crippen LogP contribution in [-0.4, -0.2) is 73.8 Å². The first kappa shape index (κ1) is 27.4. The highest BCUT2D eigenvalue weighted by Crippen LogP contribution is 2.27. The van der Waals surface area contributed by atoms with Gasteiger partial charge in [0.2, 0.25) is 0 Å². The predicted molar refractivity (Wildman–Crippen MR) is 136 cm³/mol. The van der Waals surface area contributed by atoms with Gasteiger partial charge in [-0.15, -0.1) is 12.4 Å². The maximum Gasteiger partial charge on any atom is 0.259 e. The van der Waals surface area contributed by atoms with Crippen LogP contribution < -0.4 is 20.9 Å². The molecule has 2 aromatic carbocycles. The molecule has 11 nitrogen and oxygen atoms in total. The van der Waals surface area contributed by atoms with E-state index in [0.29, 0.717) is 30.1 Å². The van der Waals surface area contributed by atoms with E-state index < -0.39 is 24.0 Å². The summed E-state index contributed by atoms with van der Waals surface area (Å²) >= 11 is 6.07. The van der Waals surface area contributed by atoms with Crippen molar-refractivity contribution >= 4 is 64.6 Å². The summed E-state index contributed by atoms with van der Waals surface area (Å²) < 4.78 is 10.6. The first-order valence-corrected chi connectivity index (χ1v) is 11.2. The summed E-state index contributed by atoms with van der Waals surface area (Å²) in [5.74, 6) is -1.85. The van der Waals surface area contributed by atoms with Gasteiger partial charge in [-0.1, -0.05) is 17.7 Å². The smallest absolute Gasteiger partial charge is 0.259 e. The zero-order chi connectivity index (χ0) is 25.1. The second-order valence-corrected chi connectivity index (χ2v) is 8.35. The molecule has 1 unspecified atom stereocenters. The monoisotopic (exact) mass is 537 g/mol. The lowest BCUT2D eigenvalue weighted by molar-refractivity contribution is -0.150. The van der Waals surface area contributed by atoms with Crippen molar-refractivity contribution < 1.29 is 29.0 Å². The number of nitrogens with zero attached hydrogens (tertiary/aromatic N) is 2. The van der Waals surface area contributed by atoms with Crippen molar-refractivity contribution in [3.8, 4) is 0 Å². The van der Waals surface area contributed by atoms with Crippen molar-refractivity contribution in [3.05, 3.63) is 53.1 Å². The van der Waals surface area contributed by atoms with Crippen molar-refractivity contribution in [2.75, 3.05) is 48.0 Å². The van der Waals surface area contributed by atoms with E-state index in [2.05, 4.69) is 5.32 Å². The Kier molecular flexibility index (Phi) is 8.88. The van der Waals surface area contributed by atoms with Gasteiger partial charge in [0, 0.05) is 35.7 Å². The summed E-state index contributed by atoms with van der Waals surface area (Å²) in [7, 11) is 0. The Morgan fingerprint density at radius 3 is 2.50 bits per heavy atom. The molecule has 2 fully saturated rings. The van der Waals surface area contributed by atoms with Crippen LogP contribution in [0.3, 0.4) is 0 Å². The number of hydrogen-bond acceptors (Lipinski definition) is 7. The molecule has 2 aromatic rings. The van der Waals surface area contributed by atoms with Crippen molar-refractivity contribution in [2.24, 2.45) is 5.73 Å². The molecule has 3 amide bonds. The molecule has 2 aliphatic heterocycles. The van der Waals surface area contributed by atoms with Gasteiger partial charge in [-0.2, -0.15) is 0 Å². The molecule has 2 saturated heterocycles. The molecule has 13 heteroatoms. The minimum absolute atomic E-state index is 0. The molecule has 36 heavy (non-hydrogen) atoms. The van der Waals surface area contributed by atoms with E-state index in [0.717, 1.165) is 0 Å². The lowest BCUT2D eigenvalue weighted by Gasteiger charge is -2.35. The van der Waals surface area contributed by atoms with Crippen LogP contribution in [0.15, 0.2) is 42.5 Å². The fourth-order valence-corrected chi connectivity index (χ4v) is 4.16. The number of hydrogen-bond donors (Lipinski definition) is 4. The van der Waals surface area contributed by atoms with Gasteiger partial charge in [-0.05, 0) is 36.4 Å². The molecule has 0 aromatic heterocycles. The van der Waals surface area contributed by atoms with E-state index in [1.54, 1.807) is 29.2 Å². The summed E-state index contributed by atoms with van der Waals surface area (Å²) in [5, 5.41) is 20.7. The number of ether oxygens (including phenoxy) is 2. The summed E-state index contributed by atoms with van der Waals surface area (Å²) in [6.07, 6.45) is -3.22. The first-order valence-electron chi connectivity index (χ1n) is 10.8. The van der Waals surface area contributed by atoms with Crippen molar-refractivity contribution in [1.29, 1.82) is 5.41 Å². The van der Waals surface area contributed by atoms with E-state index in [9.17, 15) is 19.5 Å². The maximum absolute atomic E-state index is 13.2. The predicted octanol–water partition coefficient (Wildman–Crippen LogP) is 1.14. The van der Waals surface area contributed by atoms with E-state index in [-0.39, 0.29) is 54.6 Å². The third kappa shape index (κ3) is 5.77. The molecule has 2 aliphatic rings. The molecule has 0 aliphatic carbocycles. The first-order chi connectivity index (χ1) is 16.8. The maximum atomic E-state index is 13.2. The molecule has 192 valence electrons. The standard InChI is InChI=1S/C23H24ClN5O6.ClH/c24-17-10-13(4-5-16(17)21(25)26)27-22(32)19(31)20-23(33)29(7-9-35-20)15-3-1-2-14(11-15)28-6-8-34-12-18(28)30;/h1-5,10-11,19-20,31H,6-9,12H2,(H3,25,26)(H,27,32);1H/t19?,20-;/m1./s1. The zero-order valence-corrected chi connectivity index (χ0v) is 20.6. The number of amides is 3. The molecule has 4 rings (SSSR count). The fourth-order valence-electron chi connectivity index (χ4n) is 3.87. The highest BCUT2D eigenvalue weighted by Gasteiger charge is 2.39. The molecular weight excluding hydrogens is 513 g/mol. The molecule has 5 N–H and O–H groups in total. The molecule has 0 spiro atoms. The lowest BCUT2D eigenvalue weighted by atomic mass is 10.1. The van der Waals surface area contributed by atoms with E-state index in [1.807, 2.05) is 0 Å². The Balaban J connectivity index is 0.00000361. The Hall–Kier alpha value is -3.22. The van der Waals surface area contributed by atoms with E-state index in [4.69, 9.17) is 32.2 Å². The average Bonchev–Trinajstić information content (AvgIpc) is 2.84. The number of rotatable bonds is 6. The third-order valence-electron chi connectivity index (χ3n) is 5.64. The van der Waals surface area contributed by atoms with Gasteiger partial charge in [0.25, 0.3) is 17.7 Å². The van der Waals surface area contributed by atoms with E-state index in [1.165, 1.54) is 23.1 Å². The number of carbonyl (C=O) groups excluding carboxylic acids is 3. The Morgan fingerprint density at radius 1 is 1.14 bits per heavy atom. The fraction of sp³-hybridized carbons (Fsp3) is 0.304. The van der Waals surface area contributed by atoms with Gasteiger partial charge in [0.05, 0.1) is 18.2 Å². The number of aliphatic hydroxyl groups excluding tert-OH is 1. The Morgan fingerprint density at radius 2 is 1.83 bits per heavy atom. The SMILES string of the molecule is Cl.N=C(N)c1ccc(NC(=O)C(O)[C@H]2OCCN(c3cccc(N4CCOCC4=O)c3)C2=O)cc1Cl. The average molecular weight is 538 g/mol. The normalized spacial score (nSPS) is 18.9. The van der Waals surface area contributed by atoms with Crippen LogP contribution in [0.25, 0.3) is 0 Å². The van der Waals surface area contributed by atoms with Crippen LogP contribution in [0.2, 0.25) is 5.02 Å². The van der Waals surface area contributed by atoms with Gasteiger partial charge in [-0.3, -0.25) is 19.8 Å². The number of benzene rings is 2. The lowest BCUT2D eigenvalue weighted by Crippen LogP contribution is -2.55. The zero-order valence-electron chi connectivity index (χ0n) is 19.0. The number of nitrogen functional groups attached to an aromatic ring is 1. The number of aliphatic hydroxyl groups is 1. The molecule has 0 radical (unpaired) electrons. The summed E-state index contributed by atoms with van der Waals surface area (Å²) in [4.78, 5) is 41.0. The minimum atomic E-state index is -1.79. The van der Waals surface area contributed by atoms with Crippen LogP contribution >= 0.6 is 24.0 Å². The van der Waals surface area contributed by atoms with Crippen LogP contribution in [0.5, 0.6) is 0 Å². The number of morpholine rings is 2. The number of anilines is 3. The van der Waals surface area contributed by atoms with Crippen LogP contribution in [0.4, 0.5) is 17.1 Å². The van der Waals surface area contributed by atoms with Gasteiger partial charge in [0.1, 0.15) is 12.4 Å². The number of carbonyl (C=O) groups is 3. The van der Waals surface area contributed by atoms with Gasteiger partial charge >= 0.3 is 0 Å². The summed E-state index contributed by atoms with van der Waals surface area (Å²) in [5.41, 5.74) is 7.12. The number of nitrogens with two attached hydrogens (primary N) is 1. The highest BCUT2D eigenvalue weighted by molar-refractivity contribution is 6.34. The van der Waals surface area contributed by atoms with Gasteiger partial charge in [-0.25, -0.2) is 0 Å². The Bertz CT molecular complexity index is 1180. The largest absolute Gasteiger partial charge is 0.384 e. The van der Waals surface area contributed by atoms with Crippen molar-refractivity contribution in [1.82, 2.24) is 0 Å². The topological polar surface area (TPSA) is 158 Å². The van der Waals surface area contributed by atoms with Crippen LogP contribution in [0.1, 0.15) is 5.56 Å². The molecule has 0 saturated carbocycles. The number of nitrogens with one attached hydrogen (secondary N) is 2. The van der Waals surface area contributed by atoms with Crippen molar-refractivity contribution in [3.63, 3.8) is 0 Å². The second kappa shape index (κ2) is 11.7. The van der Waals surface area contributed by atoms with Crippen LogP contribution in [0, 0.1) is 5.41 Å². The van der Waals surface area contributed by atoms with Gasteiger partial charge in [0.15, 0.2) is 12.2 Å². The molecular formula is C23H25Cl2N5O6. The Labute approximate surface area is 218 Å². The van der Waals surface area contributed by atoms with E-state index >= 15 is 0 Å². The van der Waals surface area contributed by atoms with Crippen molar-refractivity contribution in [2.45, 2.75) is 12.2 Å². The number of halogens is 2. The van der Waals surface area contributed by atoms with Gasteiger partial charge < -0.3 is 35.4 Å². The molecule has 0 bridgehead atoms. The van der Waals surface area contributed by atoms with Crippen LogP contribution in [-0.2, 0) is 23.9 Å². The summed E-state index contributed by atoms with van der Waals surface area (Å²) in [6, 6.07) is 11.2. The highest BCUT2D eigenvalue weighted by atomic mass is 35.5.